The number of rotatable bonds is 5. The van der Waals surface area contributed by atoms with Gasteiger partial charge in [0.1, 0.15) is 11.4 Å². The van der Waals surface area contributed by atoms with Crippen molar-refractivity contribution in [1.29, 1.82) is 0 Å². The van der Waals surface area contributed by atoms with Gasteiger partial charge in [0.15, 0.2) is 12.1 Å². The molecule has 41 heavy (non-hydrogen) atoms. The number of likely N-dealkylation sites (N-methyl/N-ethyl adjacent to an activating group) is 1. The van der Waals surface area contributed by atoms with Crippen molar-refractivity contribution in [1.82, 2.24) is 23.8 Å². The zero-order chi connectivity index (χ0) is 28.2. The van der Waals surface area contributed by atoms with Crippen molar-refractivity contribution in [2.75, 3.05) is 30.4 Å². The van der Waals surface area contributed by atoms with Crippen LogP contribution in [0.1, 0.15) is 50.6 Å². The Morgan fingerprint density at radius 2 is 1.83 bits per heavy atom. The molecule has 10 nitrogen and oxygen atoms in total. The number of carbonyl (C=O) groups excluding carboxylic acids is 2. The van der Waals surface area contributed by atoms with E-state index in [1.807, 2.05) is 35.0 Å². The summed E-state index contributed by atoms with van der Waals surface area (Å²) in [6, 6.07) is 11.3. The normalized spacial score (nSPS) is 16.7. The van der Waals surface area contributed by atoms with Crippen LogP contribution in [0, 0.1) is 0 Å². The van der Waals surface area contributed by atoms with Gasteiger partial charge in [-0.1, -0.05) is 12.1 Å². The smallest absolute Gasteiger partial charge is 0.274 e. The van der Waals surface area contributed by atoms with Crippen LogP contribution in [-0.4, -0.2) is 56.1 Å². The summed E-state index contributed by atoms with van der Waals surface area (Å²) < 4.78 is 5.65. The van der Waals surface area contributed by atoms with Crippen LogP contribution in [0.5, 0.6) is 0 Å². The highest BCUT2D eigenvalue weighted by atomic mass is 16.2. The summed E-state index contributed by atoms with van der Waals surface area (Å²) in [5.74, 6) is 0.529. The Kier molecular flexibility index (Phi) is 6.15. The van der Waals surface area contributed by atoms with Crippen LogP contribution in [-0.2, 0) is 39.5 Å². The number of nitrogens with zero attached hydrogens (tertiary/aromatic N) is 6. The molecule has 0 bridgehead atoms. The summed E-state index contributed by atoms with van der Waals surface area (Å²) in [6.45, 7) is 3.72. The number of aldehydes is 1. The minimum absolute atomic E-state index is 0.0805. The van der Waals surface area contributed by atoms with Crippen molar-refractivity contribution in [2.24, 2.45) is 7.05 Å². The molecule has 0 unspecified atom stereocenters. The molecule has 0 radical (unpaired) electrons. The summed E-state index contributed by atoms with van der Waals surface area (Å²) in [4.78, 5) is 43.4. The highest BCUT2D eigenvalue weighted by Gasteiger charge is 2.31. The third kappa shape index (κ3) is 4.30. The van der Waals surface area contributed by atoms with E-state index in [9.17, 15) is 14.4 Å². The van der Waals surface area contributed by atoms with Gasteiger partial charge in [-0.05, 0) is 62.1 Å². The van der Waals surface area contributed by atoms with Crippen molar-refractivity contribution in [2.45, 2.75) is 45.3 Å². The Balaban J connectivity index is 1.24. The van der Waals surface area contributed by atoms with E-state index in [2.05, 4.69) is 26.9 Å². The molecule has 2 aliphatic heterocycles. The van der Waals surface area contributed by atoms with Gasteiger partial charge in [-0.3, -0.25) is 24.0 Å². The molecule has 3 aromatic heterocycles. The van der Waals surface area contributed by atoms with Gasteiger partial charge in [0.05, 0.1) is 17.9 Å². The monoisotopic (exact) mass is 551 g/mol. The molecular formula is C31H33N7O3. The van der Waals surface area contributed by atoms with Gasteiger partial charge in [-0.25, -0.2) is 0 Å². The van der Waals surface area contributed by atoms with E-state index in [1.165, 1.54) is 15.8 Å². The number of aromatic nitrogens is 4. The van der Waals surface area contributed by atoms with Crippen LogP contribution in [0.25, 0.3) is 11.1 Å². The minimum atomic E-state index is -0.198. The van der Waals surface area contributed by atoms with E-state index in [0.29, 0.717) is 52.7 Å². The third-order valence-electron chi connectivity index (χ3n) is 8.66. The van der Waals surface area contributed by atoms with E-state index in [0.717, 1.165) is 57.3 Å². The Morgan fingerprint density at radius 1 is 0.976 bits per heavy atom. The second-order valence-corrected chi connectivity index (χ2v) is 11.3. The third-order valence-corrected chi connectivity index (χ3v) is 8.66. The van der Waals surface area contributed by atoms with Gasteiger partial charge >= 0.3 is 0 Å². The molecule has 1 aliphatic carbocycles. The molecule has 0 spiro atoms. The van der Waals surface area contributed by atoms with Crippen LogP contribution in [0.15, 0.2) is 47.4 Å². The fourth-order valence-corrected chi connectivity index (χ4v) is 6.58. The lowest BCUT2D eigenvalue weighted by Crippen LogP contribution is -2.41. The number of amides is 1. The molecule has 5 heterocycles. The zero-order valence-electron chi connectivity index (χ0n) is 23.4. The van der Waals surface area contributed by atoms with Gasteiger partial charge in [-0.2, -0.15) is 5.10 Å². The summed E-state index contributed by atoms with van der Waals surface area (Å²) >= 11 is 0. The minimum Gasteiger partial charge on any atom is -0.339 e. The topological polar surface area (TPSA) is 97.4 Å². The largest absolute Gasteiger partial charge is 0.339 e. The van der Waals surface area contributed by atoms with Gasteiger partial charge < -0.3 is 19.4 Å². The van der Waals surface area contributed by atoms with Crippen molar-refractivity contribution in [3.05, 3.63) is 81.2 Å². The number of fused-ring (bicyclic) bond motifs is 4. The zero-order valence-corrected chi connectivity index (χ0v) is 23.4. The first kappa shape index (κ1) is 25.5. The lowest BCUT2D eigenvalue weighted by atomic mass is 9.98. The first-order valence-electron chi connectivity index (χ1n) is 14.3. The average molecular weight is 552 g/mol. The fourth-order valence-electron chi connectivity index (χ4n) is 6.58. The fraction of sp³-hybridized carbons (Fsp3) is 0.355. The first-order valence-corrected chi connectivity index (χ1v) is 14.3. The molecule has 7 rings (SSSR count). The molecule has 0 atom stereocenters. The van der Waals surface area contributed by atoms with E-state index in [4.69, 9.17) is 0 Å². The number of nitrogens with one attached hydrogen (secondary N) is 1. The lowest BCUT2D eigenvalue weighted by molar-refractivity contribution is 0.0964. The Bertz CT molecular complexity index is 1760. The van der Waals surface area contributed by atoms with Crippen LogP contribution in [0.3, 0.4) is 0 Å². The van der Waals surface area contributed by atoms with E-state index < -0.39 is 0 Å². The van der Waals surface area contributed by atoms with Crippen molar-refractivity contribution in [3.63, 3.8) is 0 Å². The van der Waals surface area contributed by atoms with Gasteiger partial charge in [0, 0.05) is 62.3 Å². The SMILES string of the molecule is CN1CCn2nc(Nc3cc(-c4cccc(N5CCn6c(cc7c6CCCC7)C5=O)c4C=O)cn(C)c3=O)cc2C1. The maximum Gasteiger partial charge on any atom is 0.274 e. The highest BCUT2D eigenvalue weighted by Crippen LogP contribution is 2.35. The van der Waals surface area contributed by atoms with Crippen molar-refractivity contribution < 1.29 is 9.59 Å². The van der Waals surface area contributed by atoms with Gasteiger partial charge in [-0.15, -0.1) is 0 Å². The van der Waals surface area contributed by atoms with E-state index in [-0.39, 0.29) is 11.5 Å². The second-order valence-electron chi connectivity index (χ2n) is 11.3. The number of hydrogen-bond donors (Lipinski definition) is 1. The van der Waals surface area contributed by atoms with E-state index in [1.54, 1.807) is 24.2 Å². The summed E-state index contributed by atoms with van der Waals surface area (Å²) in [6.07, 6.45) is 6.88. The predicted molar refractivity (Wildman–Crippen MR) is 157 cm³/mol. The maximum atomic E-state index is 13.7. The molecule has 4 aromatic rings. The van der Waals surface area contributed by atoms with Crippen molar-refractivity contribution >= 4 is 29.4 Å². The van der Waals surface area contributed by atoms with Gasteiger partial charge in [0.2, 0.25) is 0 Å². The number of anilines is 3. The molecule has 0 saturated heterocycles. The van der Waals surface area contributed by atoms with Crippen molar-refractivity contribution in [3.8, 4) is 11.1 Å². The summed E-state index contributed by atoms with van der Waals surface area (Å²) in [7, 11) is 3.77. The number of hydrogen-bond acceptors (Lipinski definition) is 6. The Hall–Kier alpha value is -4.44. The standard InChI is InChI=1S/C31H33N7O3/c1-34-10-13-38-22(18-34)16-29(33-38)32-25-14-21(17-35(2)30(25)40)23-7-5-9-27(24(23)19-39)37-12-11-36-26-8-4-3-6-20(26)15-28(36)31(37)41/h5,7,9,14-17,19H,3-4,6,8,10-13,18H2,1-2H3,(H,32,33). The molecule has 10 heteroatoms. The second kappa shape index (κ2) is 9.88. The predicted octanol–water partition coefficient (Wildman–Crippen LogP) is 3.59. The molecule has 0 saturated carbocycles. The summed E-state index contributed by atoms with van der Waals surface area (Å²) in [5, 5.41) is 7.85. The van der Waals surface area contributed by atoms with Crippen LogP contribution in [0.4, 0.5) is 17.2 Å². The molecule has 1 aromatic carbocycles. The lowest BCUT2D eigenvalue weighted by Gasteiger charge is -2.31. The molecular weight excluding hydrogens is 518 g/mol. The molecule has 0 fully saturated rings. The van der Waals surface area contributed by atoms with Crippen LogP contribution < -0.4 is 15.8 Å². The van der Waals surface area contributed by atoms with Crippen LogP contribution >= 0.6 is 0 Å². The van der Waals surface area contributed by atoms with Gasteiger partial charge in [0.25, 0.3) is 11.5 Å². The Labute approximate surface area is 237 Å². The highest BCUT2D eigenvalue weighted by molar-refractivity contribution is 6.09. The molecule has 1 amide bonds. The Morgan fingerprint density at radius 3 is 2.68 bits per heavy atom. The summed E-state index contributed by atoms with van der Waals surface area (Å²) in [5.41, 5.74) is 6.90. The first-order chi connectivity index (χ1) is 19.9. The number of pyridine rings is 1. The number of benzene rings is 1. The average Bonchev–Trinajstić information content (AvgIpc) is 3.56. The maximum absolute atomic E-state index is 13.7. The van der Waals surface area contributed by atoms with Crippen LogP contribution in [0.2, 0.25) is 0 Å². The quantitative estimate of drug-likeness (QED) is 0.381. The molecule has 1 N–H and O–H groups in total. The molecule has 3 aliphatic rings. The van der Waals surface area contributed by atoms with E-state index >= 15 is 0 Å². The number of aryl methyl sites for hydroxylation is 2. The number of carbonyl (C=O) groups is 2. The molecule has 210 valence electrons.